The van der Waals surface area contributed by atoms with Crippen LogP contribution in [0.3, 0.4) is 0 Å². The van der Waals surface area contributed by atoms with Gasteiger partial charge in [-0.1, -0.05) is 13.0 Å². The molecule has 0 aromatic heterocycles. The molecule has 1 aromatic carbocycles. The van der Waals surface area contributed by atoms with E-state index in [2.05, 4.69) is 6.92 Å². The van der Waals surface area contributed by atoms with E-state index in [-0.39, 0.29) is 23.4 Å². The topological polar surface area (TPSA) is 55.8 Å². The number of carbonyl (C=O) groups excluding carboxylic acids is 1. The van der Waals surface area contributed by atoms with Crippen LogP contribution < -0.4 is 4.74 Å². The summed E-state index contributed by atoms with van der Waals surface area (Å²) in [7, 11) is 3.32. The highest BCUT2D eigenvalue weighted by molar-refractivity contribution is 5.87. The van der Waals surface area contributed by atoms with Crippen LogP contribution in [0.25, 0.3) is 0 Å². The molecule has 24 heavy (non-hydrogen) atoms. The molecule has 0 radical (unpaired) electrons. The third kappa shape index (κ3) is 1.90. The van der Waals surface area contributed by atoms with Crippen molar-refractivity contribution in [3.8, 4) is 5.75 Å². The zero-order valence-electron chi connectivity index (χ0n) is 14.7. The molecule has 3 aliphatic rings. The maximum Gasteiger partial charge on any atom is 0.139 e. The average Bonchev–Trinajstić information content (AvgIpc) is 2.88. The summed E-state index contributed by atoms with van der Waals surface area (Å²) in [4.78, 5) is 12.5. The van der Waals surface area contributed by atoms with Crippen molar-refractivity contribution in [2.75, 3.05) is 14.2 Å². The van der Waals surface area contributed by atoms with Crippen molar-refractivity contribution in [3.63, 3.8) is 0 Å². The number of methoxy groups -OCH3 is 2. The Morgan fingerprint density at radius 1 is 1.17 bits per heavy atom. The maximum atomic E-state index is 12.5. The van der Waals surface area contributed by atoms with Gasteiger partial charge in [0.1, 0.15) is 17.1 Å². The molecule has 4 nitrogen and oxygen atoms in total. The van der Waals surface area contributed by atoms with Gasteiger partial charge in [0.25, 0.3) is 0 Å². The van der Waals surface area contributed by atoms with Crippen LogP contribution in [0.4, 0.5) is 0 Å². The first kappa shape index (κ1) is 16.1. The van der Waals surface area contributed by atoms with Gasteiger partial charge in [-0.25, -0.2) is 0 Å². The molecule has 2 fully saturated rings. The van der Waals surface area contributed by atoms with E-state index in [0.717, 1.165) is 36.1 Å². The molecule has 0 heterocycles. The van der Waals surface area contributed by atoms with Crippen LogP contribution >= 0.6 is 0 Å². The van der Waals surface area contributed by atoms with Crippen LogP contribution in [0, 0.1) is 17.3 Å². The number of Topliss-reactive ketones (excluding diaryl/α,β-unsaturated/α-hetero) is 1. The summed E-state index contributed by atoms with van der Waals surface area (Å²) in [6.07, 6.45) is 3.59. The Morgan fingerprint density at radius 2 is 1.92 bits per heavy atom. The molecule has 130 valence electrons. The predicted molar refractivity (Wildman–Crippen MR) is 90.0 cm³/mol. The average molecular weight is 330 g/mol. The standard InChI is InChI=1S/C20H26O4/c1-19-11-18(24-3)20(22)14-7-5-13(23-2)10-12(14)4-6-16(20)15(19)8-9-17(19)21/h5,7,10,15-16,18,22H,4,6,8-9,11H2,1-3H3/t15-,16-,18-,19-,20-/m0/s1. The lowest BCUT2D eigenvalue weighted by molar-refractivity contribution is -0.206. The summed E-state index contributed by atoms with van der Waals surface area (Å²) >= 11 is 0. The maximum absolute atomic E-state index is 12.5. The van der Waals surface area contributed by atoms with Crippen molar-refractivity contribution in [1.29, 1.82) is 0 Å². The van der Waals surface area contributed by atoms with Crippen molar-refractivity contribution in [2.24, 2.45) is 17.3 Å². The van der Waals surface area contributed by atoms with Crippen LogP contribution in [-0.2, 0) is 21.6 Å². The van der Waals surface area contributed by atoms with Gasteiger partial charge >= 0.3 is 0 Å². The summed E-state index contributed by atoms with van der Waals surface area (Å²) in [5.41, 5.74) is 0.751. The first-order valence-electron chi connectivity index (χ1n) is 8.91. The summed E-state index contributed by atoms with van der Waals surface area (Å²) in [6.45, 7) is 2.09. The van der Waals surface area contributed by atoms with Crippen LogP contribution in [0.15, 0.2) is 18.2 Å². The molecule has 2 saturated carbocycles. The Labute approximate surface area is 143 Å². The van der Waals surface area contributed by atoms with Gasteiger partial charge in [0.05, 0.1) is 13.2 Å². The quantitative estimate of drug-likeness (QED) is 0.906. The lowest BCUT2D eigenvalue weighted by Gasteiger charge is -2.56. The predicted octanol–water partition coefficient (Wildman–Crippen LogP) is 2.85. The highest BCUT2D eigenvalue weighted by Crippen LogP contribution is 2.61. The minimum atomic E-state index is -1.01. The Hall–Kier alpha value is -1.39. The van der Waals surface area contributed by atoms with Gasteiger partial charge in [-0.15, -0.1) is 0 Å². The number of carbonyl (C=O) groups is 1. The van der Waals surface area contributed by atoms with Crippen LogP contribution in [0.2, 0.25) is 0 Å². The van der Waals surface area contributed by atoms with Crippen LogP contribution in [-0.4, -0.2) is 31.2 Å². The number of ketones is 1. The molecule has 5 atom stereocenters. The molecule has 0 saturated heterocycles. The van der Waals surface area contributed by atoms with Crippen molar-refractivity contribution in [2.45, 2.75) is 50.7 Å². The van der Waals surface area contributed by atoms with Crippen molar-refractivity contribution < 1.29 is 19.4 Å². The lowest BCUT2D eigenvalue weighted by atomic mass is 9.52. The van der Waals surface area contributed by atoms with Gasteiger partial charge in [-0.05, 0) is 60.8 Å². The van der Waals surface area contributed by atoms with E-state index in [0.29, 0.717) is 18.6 Å². The van der Waals surface area contributed by atoms with E-state index >= 15 is 0 Å². The lowest BCUT2D eigenvalue weighted by Crippen LogP contribution is -2.60. The molecule has 0 unspecified atom stereocenters. The summed E-state index contributed by atoms with van der Waals surface area (Å²) in [5, 5.41) is 11.8. The second kappa shape index (κ2) is 5.30. The number of hydrogen-bond acceptors (Lipinski definition) is 4. The molecule has 0 aliphatic heterocycles. The number of hydrogen-bond donors (Lipinski definition) is 1. The van der Waals surface area contributed by atoms with Gasteiger partial charge < -0.3 is 14.6 Å². The molecule has 0 bridgehead atoms. The van der Waals surface area contributed by atoms with E-state index in [1.165, 1.54) is 0 Å². The van der Waals surface area contributed by atoms with Gasteiger partial charge in [-0.2, -0.15) is 0 Å². The molecule has 0 amide bonds. The largest absolute Gasteiger partial charge is 0.497 e. The highest BCUT2D eigenvalue weighted by atomic mass is 16.5. The normalized spacial score (nSPS) is 40.7. The molecule has 1 aromatic rings. The highest BCUT2D eigenvalue weighted by Gasteiger charge is 2.64. The summed E-state index contributed by atoms with van der Waals surface area (Å²) < 4.78 is 11.1. The van der Waals surface area contributed by atoms with Crippen molar-refractivity contribution in [1.82, 2.24) is 0 Å². The Balaban J connectivity index is 1.84. The third-order valence-electron chi connectivity index (χ3n) is 7.04. The molecule has 4 rings (SSSR count). The number of benzene rings is 1. The number of rotatable bonds is 2. The van der Waals surface area contributed by atoms with Crippen molar-refractivity contribution in [3.05, 3.63) is 29.3 Å². The van der Waals surface area contributed by atoms with E-state index < -0.39 is 5.60 Å². The molecule has 0 spiro atoms. The van der Waals surface area contributed by atoms with E-state index in [9.17, 15) is 9.90 Å². The number of aryl methyl sites for hydroxylation is 1. The minimum absolute atomic E-state index is 0.0774. The fraction of sp³-hybridized carbons (Fsp3) is 0.650. The monoisotopic (exact) mass is 330 g/mol. The molecule has 1 N–H and O–H groups in total. The second-order valence-corrected chi connectivity index (χ2v) is 7.91. The fourth-order valence-corrected chi connectivity index (χ4v) is 5.76. The summed E-state index contributed by atoms with van der Waals surface area (Å²) in [6, 6.07) is 5.94. The van der Waals surface area contributed by atoms with E-state index in [4.69, 9.17) is 9.47 Å². The fourth-order valence-electron chi connectivity index (χ4n) is 5.76. The molecular weight excluding hydrogens is 304 g/mol. The number of aliphatic hydroxyl groups is 1. The zero-order valence-corrected chi connectivity index (χ0v) is 14.7. The Morgan fingerprint density at radius 3 is 2.62 bits per heavy atom. The zero-order chi connectivity index (χ0) is 17.1. The van der Waals surface area contributed by atoms with Crippen LogP contribution in [0.1, 0.15) is 43.7 Å². The molecule has 3 aliphatic carbocycles. The Kier molecular flexibility index (Phi) is 3.56. The van der Waals surface area contributed by atoms with Crippen molar-refractivity contribution >= 4 is 5.78 Å². The third-order valence-corrected chi connectivity index (χ3v) is 7.04. The molecule has 4 heteroatoms. The van der Waals surface area contributed by atoms with E-state index in [1.54, 1.807) is 14.2 Å². The number of fused-ring (bicyclic) bond motifs is 5. The minimum Gasteiger partial charge on any atom is -0.497 e. The van der Waals surface area contributed by atoms with Crippen LogP contribution in [0.5, 0.6) is 5.75 Å². The first-order valence-corrected chi connectivity index (χ1v) is 8.91. The second-order valence-electron chi connectivity index (χ2n) is 7.91. The smallest absolute Gasteiger partial charge is 0.139 e. The SMILES string of the molecule is COc1ccc2c(c1)CC[C@H]1[C@@H]3CCC(=O)[C@@]3(C)C[C@H](OC)[C@]21O. The van der Waals surface area contributed by atoms with Gasteiger partial charge in [0.15, 0.2) is 0 Å². The number of ether oxygens (including phenoxy) is 2. The van der Waals surface area contributed by atoms with Gasteiger partial charge in [0.2, 0.25) is 0 Å². The summed E-state index contributed by atoms with van der Waals surface area (Å²) in [5.74, 6) is 1.49. The Bertz CT molecular complexity index is 684. The van der Waals surface area contributed by atoms with Gasteiger partial charge in [-0.3, -0.25) is 4.79 Å². The first-order chi connectivity index (χ1) is 11.4. The van der Waals surface area contributed by atoms with E-state index in [1.807, 2.05) is 18.2 Å². The molecular formula is C20H26O4. The van der Waals surface area contributed by atoms with Gasteiger partial charge in [0, 0.05) is 18.9 Å².